The Morgan fingerprint density at radius 2 is 1.36 bits per heavy atom. The molecule has 0 atom stereocenters. The Balaban J connectivity index is 1.69. The highest BCUT2D eigenvalue weighted by Gasteiger charge is 2.21. The van der Waals surface area contributed by atoms with Crippen LogP contribution in [0, 0.1) is 5.92 Å². The van der Waals surface area contributed by atoms with Gasteiger partial charge in [-0.1, -0.05) is 55.5 Å². The highest BCUT2D eigenvalue weighted by atomic mass is 16.3. The average molecular weight is 294 g/mol. The van der Waals surface area contributed by atoms with Gasteiger partial charge in [0, 0.05) is 6.61 Å². The third-order valence-electron chi connectivity index (χ3n) is 5.18. The molecule has 1 N–H and O–H groups in total. The molecule has 2 aromatic rings. The predicted octanol–water partition coefficient (Wildman–Crippen LogP) is 5.18. The molecule has 3 rings (SSSR count). The molecule has 1 aliphatic rings. The summed E-state index contributed by atoms with van der Waals surface area (Å²) in [6, 6.07) is 18.0. The smallest absolute Gasteiger partial charge is 0.0459 e. The molecule has 2 aromatic carbocycles. The number of benzene rings is 2. The summed E-state index contributed by atoms with van der Waals surface area (Å²) >= 11 is 0. The second-order valence-electron chi connectivity index (χ2n) is 6.57. The molecule has 0 aromatic heterocycles. The average Bonchev–Trinajstić information content (AvgIpc) is 2.62. The van der Waals surface area contributed by atoms with Gasteiger partial charge >= 0.3 is 0 Å². The number of aliphatic hydroxyl groups excluding tert-OH is 1. The van der Waals surface area contributed by atoms with E-state index in [-0.39, 0.29) is 0 Å². The summed E-state index contributed by atoms with van der Waals surface area (Å²) in [4.78, 5) is 0. The molecule has 0 bridgehead atoms. The molecule has 0 aliphatic heterocycles. The lowest BCUT2D eigenvalue weighted by Gasteiger charge is -2.27. The maximum Gasteiger partial charge on any atom is 0.0459 e. The van der Waals surface area contributed by atoms with Crippen LogP contribution < -0.4 is 0 Å². The van der Waals surface area contributed by atoms with Crippen molar-refractivity contribution in [1.82, 2.24) is 0 Å². The third kappa shape index (κ3) is 3.41. The number of hydrogen-bond acceptors (Lipinski definition) is 1. The summed E-state index contributed by atoms with van der Waals surface area (Å²) < 4.78 is 0. The van der Waals surface area contributed by atoms with E-state index in [0.717, 1.165) is 6.42 Å². The molecular weight excluding hydrogens is 268 g/mol. The van der Waals surface area contributed by atoms with Gasteiger partial charge in [0.25, 0.3) is 0 Å². The Morgan fingerprint density at radius 3 is 1.86 bits per heavy atom. The quantitative estimate of drug-likeness (QED) is 0.823. The van der Waals surface area contributed by atoms with Gasteiger partial charge in [0.1, 0.15) is 0 Å². The molecule has 0 unspecified atom stereocenters. The first-order valence-corrected chi connectivity index (χ1v) is 8.60. The Bertz CT molecular complexity index is 574. The van der Waals surface area contributed by atoms with Crippen LogP contribution in [0.5, 0.6) is 0 Å². The monoisotopic (exact) mass is 294 g/mol. The number of hydrogen-bond donors (Lipinski definition) is 1. The minimum atomic E-state index is 0.361. The Kier molecular flexibility index (Phi) is 4.94. The van der Waals surface area contributed by atoms with Crippen molar-refractivity contribution >= 4 is 0 Å². The van der Waals surface area contributed by atoms with E-state index >= 15 is 0 Å². The molecular formula is C21H26O. The van der Waals surface area contributed by atoms with Crippen molar-refractivity contribution in [2.45, 2.75) is 44.9 Å². The first-order valence-electron chi connectivity index (χ1n) is 8.60. The van der Waals surface area contributed by atoms with E-state index in [1.54, 1.807) is 0 Å². The molecule has 1 aliphatic carbocycles. The van der Waals surface area contributed by atoms with Gasteiger partial charge < -0.3 is 5.11 Å². The fraction of sp³-hybridized carbons (Fsp3) is 0.429. The van der Waals surface area contributed by atoms with Gasteiger partial charge in [-0.2, -0.15) is 0 Å². The molecule has 0 saturated heterocycles. The van der Waals surface area contributed by atoms with Gasteiger partial charge in [0.15, 0.2) is 0 Å². The van der Waals surface area contributed by atoms with Gasteiger partial charge in [-0.3, -0.25) is 0 Å². The van der Waals surface area contributed by atoms with Gasteiger partial charge in [-0.05, 0) is 66.2 Å². The molecule has 1 heteroatoms. The Morgan fingerprint density at radius 1 is 0.818 bits per heavy atom. The topological polar surface area (TPSA) is 20.2 Å². The minimum absolute atomic E-state index is 0.361. The van der Waals surface area contributed by atoms with Crippen molar-refractivity contribution in [3.05, 3.63) is 59.7 Å². The lowest BCUT2D eigenvalue weighted by molar-refractivity contribution is 0.182. The number of aliphatic hydroxyl groups is 1. The van der Waals surface area contributed by atoms with Crippen LogP contribution in [0.25, 0.3) is 11.1 Å². The van der Waals surface area contributed by atoms with Crippen LogP contribution in [0.4, 0.5) is 0 Å². The van der Waals surface area contributed by atoms with Gasteiger partial charge in [-0.15, -0.1) is 0 Å². The summed E-state index contributed by atoms with van der Waals surface area (Å²) in [5, 5.41) is 9.25. The summed E-state index contributed by atoms with van der Waals surface area (Å²) in [6.45, 7) is 2.55. The molecule has 116 valence electrons. The molecule has 1 nitrogen and oxygen atoms in total. The van der Waals surface area contributed by atoms with Crippen molar-refractivity contribution in [2.75, 3.05) is 6.61 Å². The minimum Gasteiger partial charge on any atom is -0.396 e. The molecule has 22 heavy (non-hydrogen) atoms. The zero-order chi connectivity index (χ0) is 15.4. The number of rotatable bonds is 4. The lowest BCUT2D eigenvalue weighted by atomic mass is 9.79. The molecule has 0 spiro atoms. The molecule has 0 heterocycles. The van der Waals surface area contributed by atoms with Crippen molar-refractivity contribution in [1.29, 1.82) is 0 Å². The predicted molar refractivity (Wildman–Crippen MR) is 93.0 cm³/mol. The van der Waals surface area contributed by atoms with Gasteiger partial charge in [0.05, 0.1) is 0 Å². The van der Waals surface area contributed by atoms with Gasteiger partial charge in [0.2, 0.25) is 0 Å². The standard InChI is InChI=1S/C21H26O/c1-2-16-3-7-18(8-4-16)20-11-13-21(14-12-20)19-9-5-17(15-22)6-10-19/h3-4,7-8,11-14,17,19,22H,2,5-6,9-10,15H2,1H3. The highest BCUT2D eigenvalue weighted by Crippen LogP contribution is 2.36. The van der Waals surface area contributed by atoms with Crippen molar-refractivity contribution in [3.8, 4) is 11.1 Å². The molecule has 0 amide bonds. The Labute approximate surface area is 134 Å². The summed E-state index contributed by atoms with van der Waals surface area (Å²) in [7, 11) is 0. The van der Waals surface area contributed by atoms with Crippen LogP contribution in [-0.4, -0.2) is 11.7 Å². The second kappa shape index (κ2) is 7.11. The molecule has 1 fully saturated rings. The van der Waals surface area contributed by atoms with Crippen LogP contribution in [0.2, 0.25) is 0 Å². The van der Waals surface area contributed by atoms with E-state index in [1.165, 1.54) is 47.9 Å². The van der Waals surface area contributed by atoms with Crippen LogP contribution in [0.3, 0.4) is 0 Å². The summed E-state index contributed by atoms with van der Waals surface area (Å²) in [5.74, 6) is 1.21. The fourth-order valence-corrected chi connectivity index (χ4v) is 3.56. The van der Waals surface area contributed by atoms with Crippen molar-refractivity contribution in [2.24, 2.45) is 5.92 Å². The second-order valence-corrected chi connectivity index (χ2v) is 6.57. The summed E-state index contributed by atoms with van der Waals surface area (Å²) in [5.41, 5.74) is 5.45. The summed E-state index contributed by atoms with van der Waals surface area (Å²) in [6.07, 6.45) is 5.87. The SMILES string of the molecule is CCc1ccc(-c2ccc(C3CCC(CO)CC3)cc2)cc1. The highest BCUT2D eigenvalue weighted by molar-refractivity contribution is 5.64. The van der Waals surface area contributed by atoms with Crippen molar-refractivity contribution in [3.63, 3.8) is 0 Å². The third-order valence-corrected chi connectivity index (χ3v) is 5.18. The maximum absolute atomic E-state index is 9.25. The normalized spacial score (nSPS) is 21.7. The molecule has 0 radical (unpaired) electrons. The number of aryl methyl sites for hydroxylation is 1. The van der Waals surface area contributed by atoms with Gasteiger partial charge in [-0.25, -0.2) is 0 Å². The maximum atomic E-state index is 9.25. The van der Waals surface area contributed by atoms with Crippen LogP contribution in [0.1, 0.15) is 49.7 Å². The first kappa shape index (κ1) is 15.3. The van der Waals surface area contributed by atoms with Crippen LogP contribution in [0.15, 0.2) is 48.5 Å². The van der Waals surface area contributed by atoms with E-state index in [9.17, 15) is 5.11 Å². The van der Waals surface area contributed by atoms with E-state index < -0.39 is 0 Å². The van der Waals surface area contributed by atoms with Crippen molar-refractivity contribution < 1.29 is 5.11 Å². The fourth-order valence-electron chi connectivity index (χ4n) is 3.56. The van der Waals surface area contributed by atoms with Crippen LogP contribution in [-0.2, 0) is 6.42 Å². The largest absolute Gasteiger partial charge is 0.396 e. The zero-order valence-corrected chi connectivity index (χ0v) is 13.5. The van der Waals surface area contributed by atoms with E-state index in [0.29, 0.717) is 18.4 Å². The first-order chi connectivity index (χ1) is 10.8. The van der Waals surface area contributed by atoms with E-state index in [1.807, 2.05) is 0 Å². The van der Waals surface area contributed by atoms with Crippen LogP contribution >= 0.6 is 0 Å². The van der Waals surface area contributed by atoms with E-state index in [4.69, 9.17) is 0 Å². The Hall–Kier alpha value is -1.60. The lowest BCUT2D eigenvalue weighted by Crippen LogP contribution is -2.15. The zero-order valence-electron chi connectivity index (χ0n) is 13.5. The van der Waals surface area contributed by atoms with E-state index in [2.05, 4.69) is 55.5 Å². The molecule has 1 saturated carbocycles.